The maximum absolute atomic E-state index is 12.1. The average Bonchev–Trinajstić information content (AvgIpc) is 2.49. The van der Waals surface area contributed by atoms with Crippen LogP contribution in [0, 0.1) is 5.92 Å². The van der Waals surface area contributed by atoms with Crippen LogP contribution >= 0.6 is 0 Å². The molecule has 1 rings (SSSR count). The molecule has 0 saturated carbocycles. The highest BCUT2D eigenvalue weighted by molar-refractivity contribution is 5.79. The smallest absolute Gasteiger partial charge is 0.392 e. The molecule has 1 aliphatic heterocycles. The van der Waals surface area contributed by atoms with Crippen LogP contribution in [0.2, 0.25) is 0 Å². The first-order valence-electron chi connectivity index (χ1n) is 8.56. The molecule has 2 atom stereocenters. The SMILES string of the molecule is CCCCCC[C@H](O)CN1CCC[C@@H](C(=O)NCC(F)(F)F)C1. The van der Waals surface area contributed by atoms with Gasteiger partial charge in [0.1, 0.15) is 6.54 Å². The van der Waals surface area contributed by atoms with Crippen molar-refractivity contribution >= 4 is 5.91 Å². The summed E-state index contributed by atoms with van der Waals surface area (Å²) in [7, 11) is 0. The van der Waals surface area contributed by atoms with Gasteiger partial charge in [0.2, 0.25) is 5.91 Å². The summed E-state index contributed by atoms with van der Waals surface area (Å²) in [4.78, 5) is 13.8. The Morgan fingerprint density at radius 2 is 2.09 bits per heavy atom. The van der Waals surface area contributed by atoms with Crippen LogP contribution in [-0.2, 0) is 4.79 Å². The number of hydrogen-bond acceptors (Lipinski definition) is 3. The number of β-amino-alcohol motifs (C(OH)–C–C–N with tert-alkyl or cyclic N) is 1. The number of rotatable bonds is 9. The lowest BCUT2D eigenvalue weighted by atomic mass is 9.96. The molecule has 4 nitrogen and oxygen atoms in total. The quantitative estimate of drug-likeness (QED) is 0.636. The number of piperidine rings is 1. The van der Waals surface area contributed by atoms with Gasteiger partial charge in [-0.1, -0.05) is 32.6 Å². The molecule has 7 heteroatoms. The highest BCUT2D eigenvalue weighted by Gasteiger charge is 2.31. The molecule has 2 N–H and O–H groups in total. The van der Waals surface area contributed by atoms with E-state index in [1.807, 2.05) is 10.2 Å². The molecule has 1 heterocycles. The summed E-state index contributed by atoms with van der Waals surface area (Å²) in [5, 5.41) is 12.0. The van der Waals surface area contributed by atoms with Gasteiger partial charge in [0.15, 0.2) is 0 Å². The van der Waals surface area contributed by atoms with Gasteiger partial charge in [-0.3, -0.25) is 9.69 Å². The van der Waals surface area contributed by atoms with E-state index in [-0.39, 0.29) is 0 Å². The summed E-state index contributed by atoms with van der Waals surface area (Å²) in [5.74, 6) is -0.956. The number of amides is 1. The van der Waals surface area contributed by atoms with Gasteiger partial charge in [-0.05, 0) is 25.8 Å². The number of nitrogens with one attached hydrogen (secondary N) is 1. The van der Waals surface area contributed by atoms with Crippen molar-refractivity contribution in [1.82, 2.24) is 10.2 Å². The monoisotopic (exact) mass is 338 g/mol. The second-order valence-corrected chi connectivity index (χ2v) is 6.43. The number of nitrogens with zero attached hydrogens (tertiary/aromatic N) is 1. The first-order chi connectivity index (χ1) is 10.8. The van der Waals surface area contributed by atoms with Crippen LogP contribution in [-0.4, -0.2) is 54.4 Å². The Hall–Kier alpha value is -0.820. The van der Waals surface area contributed by atoms with Crippen molar-refractivity contribution in [3.63, 3.8) is 0 Å². The number of carbonyl (C=O) groups excluding carboxylic acids is 1. The van der Waals surface area contributed by atoms with Crippen molar-refractivity contribution in [3.05, 3.63) is 0 Å². The van der Waals surface area contributed by atoms with Crippen molar-refractivity contribution < 1.29 is 23.1 Å². The van der Waals surface area contributed by atoms with Crippen molar-refractivity contribution in [2.45, 2.75) is 64.1 Å². The topological polar surface area (TPSA) is 52.6 Å². The zero-order valence-electron chi connectivity index (χ0n) is 13.9. The zero-order chi connectivity index (χ0) is 17.3. The molecule has 0 aromatic rings. The van der Waals surface area contributed by atoms with E-state index in [4.69, 9.17) is 0 Å². The van der Waals surface area contributed by atoms with Crippen LogP contribution in [0.5, 0.6) is 0 Å². The van der Waals surface area contributed by atoms with Crippen molar-refractivity contribution in [2.24, 2.45) is 5.92 Å². The highest BCUT2D eigenvalue weighted by Crippen LogP contribution is 2.19. The zero-order valence-corrected chi connectivity index (χ0v) is 13.9. The van der Waals surface area contributed by atoms with E-state index >= 15 is 0 Å². The Labute approximate surface area is 136 Å². The molecule has 0 unspecified atom stereocenters. The second kappa shape index (κ2) is 10.1. The van der Waals surface area contributed by atoms with Crippen molar-refractivity contribution in [3.8, 4) is 0 Å². The minimum absolute atomic E-state index is 0.418. The average molecular weight is 338 g/mol. The number of hydrogen-bond donors (Lipinski definition) is 2. The van der Waals surface area contributed by atoms with E-state index in [2.05, 4.69) is 6.92 Å². The molecule has 0 aliphatic carbocycles. The first-order valence-corrected chi connectivity index (χ1v) is 8.56. The van der Waals surface area contributed by atoms with Gasteiger partial charge in [0, 0.05) is 13.1 Å². The highest BCUT2D eigenvalue weighted by atomic mass is 19.4. The summed E-state index contributed by atoms with van der Waals surface area (Å²) in [6, 6.07) is 0. The van der Waals surface area contributed by atoms with Crippen molar-refractivity contribution in [1.29, 1.82) is 0 Å². The molecule has 0 spiro atoms. The largest absolute Gasteiger partial charge is 0.405 e. The molecule has 0 aromatic carbocycles. The second-order valence-electron chi connectivity index (χ2n) is 6.43. The van der Waals surface area contributed by atoms with E-state index in [0.717, 1.165) is 45.1 Å². The maximum Gasteiger partial charge on any atom is 0.405 e. The fourth-order valence-electron chi connectivity index (χ4n) is 2.96. The number of likely N-dealkylation sites (tertiary alicyclic amines) is 1. The van der Waals surface area contributed by atoms with E-state index in [9.17, 15) is 23.1 Å². The van der Waals surface area contributed by atoms with Crippen molar-refractivity contribution in [2.75, 3.05) is 26.2 Å². The lowest BCUT2D eigenvalue weighted by molar-refractivity contribution is -0.141. The van der Waals surface area contributed by atoms with Gasteiger partial charge in [-0.2, -0.15) is 13.2 Å². The van der Waals surface area contributed by atoms with E-state index in [0.29, 0.717) is 19.5 Å². The van der Waals surface area contributed by atoms with Gasteiger partial charge in [0.05, 0.1) is 12.0 Å². The van der Waals surface area contributed by atoms with E-state index in [1.165, 1.54) is 0 Å². The Morgan fingerprint density at radius 3 is 2.74 bits per heavy atom. The Bertz CT molecular complexity index is 351. The summed E-state index contributed by atoms with van der Waals surface area (Å²) in [5.41, 5.74) is 0. The normalized spacial score (nSPS) is 21.2. The molecule has 136 valence electrons. The standard InChI is InChI=1S/C16H29F3N2O2/c1-2-3-4-5-8-14(22)11-21-9-6-7-13(10-21)15(23)20-12-16(17,18)19/h13-14,22H,2-12H2,1H3,(H,20,23)/t13-,14+/m1/s1. The Morgan fingerprint density at radius 1 is 1.35 bits per heavy atom. The van der Waals surface area contributed by atoms with Gasteiger partial charge in [0.25, 0.3) is 0 Å². The minimum Gasteiger partial charge on any atom is -0.392 e. The molecule has 23 heavy (non-hydrogen) atoms. The van der Waals surface area contributed by atoms with Crippen LogP contribution in [0.15, 0.2) is 0 Å². The molecule has 1 aliphatic rings. The summed E-state index contributed by atoms with van der Waals surface area (Å²) < 4.78 is 36.4. The fraction of sp³-hybridized carbons (Fsp3) is 0.938. The first kappa shape index (κ1) is 20.2. The number of alkyl halides is 3. The van der Waals surface area contributed by atoms with Gasteiger partial charge in [-0.15, -0.1) is 0 Å². The Kier molecular flexibility index (Phi) is 8.91. The van der Waals surface area contributed by atoms with Crippen LogP contribution in [0.4, 0.5) is 13.2 Å². The predicted octanol–water partition coefficient (Wildman–Crippen LogP) is 2.71. The van der Waals surface area contributed by atoms with Gasteiger partial charge in [-0.25, -0.2) is 0 Å². The molecule has 0 radical (unpaired) electrons. The van der Waals surface area contributed by atoms with Crippen LogP contribution in [0.3, 0.4) is 0 Å². The molecule has 1 fully saturated rings. The van der Waals surface area contributed by atoms with E-state index < -0.39 is 30.7 Å². The number of aliphatic hydroxyl groups is 1. The number of unbranched alkanes of at least 4 members (excludes halogenated alkanes) is 3. The van der Waals surface area contributed by atoms with Crippen LogP contribution in [0.1, 0.15) is 51.9 Å². The third kappa shape index (κ3) is 9.15. The molecular formula is C16H29F3N2O2. The third-order valence-corrected chi connectivity index (χ3v) is 4.20. The minimum atomic E-state index is -4.38. The third-order valence-electron chi connectivity index (χ3n) is 4.20. The van der Waals surface area contributed by atoms with Crippen LogP contribution < -0.4 is 5.32 Å². The number of carbonyl (C=O) groups is 1. The lowest BCUT2D eigenvalue weighted by Gasteiger charge is -2.33. The number of aliphatic hydroxyl groups excluding tert-OH is 1. The van der Waals surface area contributed by atoms with Crippen LogP contribution in [0.25, 0.3) is 0 Å². The molecule has 1 saturated heterocycles. The molecule has 1 amide bonds. The lowest BCUT2D eigenvalue weighted by Crippen LogP contribution is -2.46. The fourth-order valence-corrected chi connectivity index (χ4v) is 2.96. The Balaban J connectivity index is 2.29. The summed E-state index contributed by atoms with van der Waals surface area (Å²) >= 11 is 0. The van der Waals surface area contributed by atoms with Gasteiger partial charge < -0.3 is 10.4 Å². The molecular weight excluding hydrogens is 309 g/mol. The predicted molar refractivity (Wildman–Crippen MR) is 83.0 cm³/mol. The summed E-state index contributed by atoms with van der Waals surface area (Å²) in [6.45, 7) is 2.57. The summed E-state index contributed by atoms with van der Waals surface area (Å²) in [6.07, 6.45) is 1.71. The molecule has 0 bridgehead atoms. The molecule has 0 aromatic heterocycles. The maximum atomic E-state index is 12.1. The van der Waals surface area contributed by atoms with Gasteiger partial charge >= 0.3 is 6.18 Å². The van der Waals surface area contributed by atoms with E-state index in [1.54, 1.807) is 0 Å². The number of halogens is 3.